The molecule has 0 bridgehead atoms. The molecule has 1 aliphatic carbocycles. The molecule has 8 heteroatoms. The summed E-state index contributed by atoms with van der Waals surface area (Å²) in [4.78, 5) is 6.01. The molecule has 39 heavy (non-hydrogen) atoms. The van der Waals surface area contributed by atoms with Gasteiger partial charge in [0.15, 0.2) is 0 Å². The predicted molar refractivity (Wildman–Crippen MR) is 163 cm³/mol. The van der Waals surface area contributed by atoms with Crippen LogP contribution >= 0.6 is 23.4 Å². The third-order valence-corrected chi connectivity index (χ3v) is 9.89. The highest BCUT2D eigenvalue weighted by atomic mass is 35.5. The average molecular weight is 581 g/mol. The minimum absolute atomic E-state index is 0.0666. The number of fused-ring (bicyclic) bond motifs is 2. The lowest BCUT2D eigenvalue weighted by Crippen LogP contribution is -2.36. The summed E-state index contributed by atoms with van der Waals surface area (Å²) in [5.41, 5.74) is 6.04. The van der Waals surface area contributed by atoms with Gasteiger partial charge in [-0.15, -0.1) is 0 Å². The molecule has 3 aliphatic rings. The molecule has 1 atom stereocenters. The summed E-state index contributed by atoms with van der Waals surface area (Å²) < 4.78 is 29.6. The Labute approximate surface area is 240 Å². The van der Waals surface area contributed by atoms with Gasteiger partial charge in [-0.3, -0.25) is 4.55 Å². The van der Waals surface area contributed by atoms with Gasteiger partial charge in [0.1, 0.15) is 5.16 Å². The molecule has 1 unspecified atom stereocenters. The molecule has 3 aromatic rings. The van der Waals surface area contributed by atoms with Crippen molar-refractivity contribution in [1.82, 2.24) is 0 Å². The molecule has 0 spiro atoms. The number of likely N-dealkylation sites (N-methyl/N-ethyl adjacent to an activating group) is 1. The number of nitrogens with zero attached hydrogens (tertiary/aromatic N) is 2. The predicted octanol–water partition coefficient (Wildman–Crippen LogP) is 8.11. The molecule has 0 radical (unpaired) electrons. The van der Waals surface area contributed by atoms with Gasteiger partial charge in [0.2, 0.25) is 0 Å². The van der Waals surface area contributed by atoms with Crippen LogP contribution in [0.15, 0.2) is 99.9 Å². The summed E-state index contributed by atoms with van der Waals surface area (Å²) in [6.07, 6.45) is 11.0. The van der Waals surface area contributed by atoms with Crippen molar-refractivity contribution < 1.29 is 13.0 Å². The van der Waals surface area contributed by atoms with Crippen molar-refractivity contribution in [3.63, 3.8) is 0 Å². The van der Waals surface area contributed by atoms with Crippen LogP contribution in [0.4, 0.5) is 11.4 Å². The number of rotatable bonds is 3. The Hall–Kier alpha value is -2.71. The van der Waals surface area contributed by atoms with Gasteiger partial charge in [0, 0.05) is 29.2 Å². The molecule has 1 fully saturated rings. The number of anilines is 2. The van der Waals surface area contributed by atoms with Crippen molar-refractivity contribution in [2.45, 2.75) is 60.2 Å². The third-order valence-electron chi connectivity index (χ3n) is 7.43. The van der Waals surface area contributed by atoms with Crippen molar-refractivity contribution >= 4 is 50.4 Å². The van der Waals surface area contributed by atoms with Gasteiger partial charge < -0.3 is 9.80 Å². The van der Waals surface area contributed by atoms with Crippen LogP contribution in [-0.2, 0) is 10.1 Å². The van der Waals surface area contributed by atoms with E-state index in [1.165, 1.54) is 71.6 Å². The number of halogens is 1. The number of para-hydroxylation sites is 2. The summed E-state index contributed by atoms with van der Waals surface area (Å²) in [6, 6.07) is 23.9. The molecule has 5 nitrogen and oxygen atoms in total. The highest BCUT2D eigenvalue weighted by Gasteiger charge is 2.31. The number of thioether (sulfide) groups is 1. The fourth-order valence-electron chi connectivity index (χ4n) is 5.37. The van der Waals surface area contributed by atoms with E-state index in [0.29, 0.717) is 6.04 Å². The first kappa shape index (κ1) is 27.8. The zero-order chi connectivity index (χ0) is 27.6. The normalized spacial score (nSPS) is 20.2. The average Bonchev–Trinajstić information content (AvgIpc) is 3.24. The topological polar surface area (TPSA) is 60.9 Å². The first-order valence-corrected chi connectivity index (χ1v) is 15.9. The molecule has 3 aromatic carbocycles. The molecular formula is C31H33ClN2O3S2. The van der Waals surface area contributed by atoms with Crippen LogP contribution in [0.25, 0.3) is 5.57 Å². The third kappa shape index (κ3) is 6.22. The minimum Gasteiger partial charge on any atom is -0.358 e. The van der Waals surface area contributed by atoms with Gasteiger partial charge in [-0.2, -0.15) is 8.42 Å². The molecule has 0 amide bonds. The second-order valence-electron chi connectivity index (χ2n) is 10.1. The van der Waals surface area contributed by atoms with E-state index in [1.807, 2.05) is 18.7 Å². The second kappa shape index (κ2) is 11.8. The smallest absolute Gasteiger partial charge is 0.294 e. The highest BCUT2D eigenvalue weighted by Crippen LogP contribution is 2.46. The van der Waals surface area contributed by atoms with Crippen LogP contribution in [0.2, 0.25) is 0 Å². The monoisotopic (exact) mass is 580 g/mol. The zero-order valence-corrected chi connectivity index (χ0v) is 24.5. The van der Waals surface area contributed by atoms with Crippen molar-refractivity contribution in [3.05, 3.63) is 101 Å². The Morgan fingerprint density at radius 1 is 0.923 bits per heavy atom. The largest absolute Gasteiger partial charge is 0.358 e. The van der Waals surface area contributed by atoms with Gasteiger partial charge in [0.25, 0.3) is 10.1 Å². The first-order valence-electron chi connectivity index (χ1n) is 13.2. The molecular weight excluding hydrogens is 548 g/mol. The number of hydrogen-bond donors (Lipinski definition) is 1. The van der Waals surface area contributed by atoms with Gasteiger partial charge in [-0.05, 0) is 67.8 Å². The van der Waals surface area contributed by atoms with Gasteiger partial charge in [-0.25, -0.2) is 0 Å². The van der Waals surface area contributed by atoms with Crippen LogP contribution in [-0.4, -0.2) is 31.4 Å². The molecule has 0 aromatic heterocycles. The van der Waals surface area contributed by atoms with Crippen molar-refractivity contribution in [1.29, 1.82) is 0 Å². The Kier molecular flexibility index (Phi) is 8.43. The van der Waals surface area contributed by atoms with Crippen LogP contribution < -0.4 is 9.80 Å². The van der Waals surface area contributed by atoms with E-state index in [1.54, 1.807) is 12.1 Å². The van der Waals surface area contributed by atoms with Gasteiger partial charge >= 0.3 is 0 Å². The highest BCUT2D eigenvalue weighted by molar-refractivity contribution is 8.00. The lowest BCUT2D eigenvalue weighted by atomic mass is 9.91. The van der Waals surface area contributed by atoms with E-state index in [0.717, 1.165) is 10.7 Å². The minimum atomic E-state index is -4.02. The van der Waals surface area contributed by atoms with Gasteiger partial charge in [0.05, 0.1) is 16.0 Å². The SMILES string of the molecule is CN1c2ccccc2SC1C=C1C=C(Cl)N(C2CCCCC2)c2ccccc21.Cc1ccc(S(=O)(=O)O)cc1. The maximum Gasteiger partial charge on any atom is 0.294 e. The van der Waals surface area contributed by atoms with Crippen LogP contribution in [0, 0.1) is 6.92 Å². The Balaban J connectivity index is 0.000000237. The van der Waals surface area contributed by atoms with Crippen molar-refractivity contribution in [3.8, 4) is 0 Å². The molecule has 2 aliphatic heterocycles. The fourth-order valence-corrected chi connectivity index (χ4v) is 7.43. The number of aryl methyl sites for hydroxylation is 1. The molecule has 2 heterocycles. The summed E-state index contributed by atoms with van der Waals surface area (Å²) in [5.74, 6) is 0. The van der Waals surface area contributed by atoms with Crippen LogP contribution in [0.5, 0.6) is 0 Å². The molecule has 6 rings (SSSR count). The van der Waals surface area contributed by atoms with E-state index >= 15 is 0 Å². The molecule has 1 saturated carbocycles. The zero-order valence-electron chi connectivity index (χ0n) is 22.1. The van der Waals surface area contributed by atoms with Crippen molar-refractivity contribution in [2.75, 3.05) is 16.8 Å². The van der Waals surface area contributed by atoms with E-state index in [2.05, 4.69) is 77.5 Å². The number of hydrogen-bond acceptors (Lipinski definition) is 5. The molecule has 0 saturated heterocycles. The Morgan fingerprint density at radius 2 is 1.56 bits per heavy atom. The number of allylic oxidation sites excluding steroid dienone is 2. The summed E-state index contributed by atoms with van der Waals surface area (Å²) in [7, 11) is -1.84. The Morgan fingerprint density at radius 3 is 2.23 bits per heavy atom. The van der Waals surface area contributed by atoms with Crippen LogP contribution in [0.1, 0.15) is 43.2 Å². The molecule has 204 valence electrons. The fraction of sp³-hybridized carbons (Fsp3) is 0.290. The summed E-state index contributed by atoms with van der Waals surface area (Å²) in [5, 5.41) is 1.14. The van der Waals surface area contributed by atoms with Crippen molar-refractivity contribution in [2.24, 2.45) is 0 Å². The van der Waals surface area contributed by atoms with E-state index in [4.69, 9.17) is 16.2 Å². The maximum absolute atomic E-state index is 10.5. The first-order chi connectivity index (χ1) is 18.7. The summed E-state index contributed by atoms with van der Waals surface area (Å²) in [6.45, 7) is 1.84. The Bertz CT molecular complexity index is 1500. The maximum atomic E-state index is 10.5. The second-order valence-corrected chi connectivity index (χ2v) is 13.1. The number of benzene rings is 3. The lowest BCUT2D eigenvalue weighted by molar-refractivity contribution is 0.432. The summed E-state index contributed by atoms with van der Waals surface area (Å²) >= 11 is 8.78. The van der Waals surface area contributed by atoms with E-state index in [9.17, 15) is 8.42 Å². The standard InChI is InChI=1S/C24H25ClN2S.C7H8O3S/c1-26-21-13-7-8-14-22(21)28-24(26)16-17-15-23(25)27(18-9-3-2-4-10-18)20-12-6-5-11-19(17)20;1-6-2-4-7(5-3-6)11(8,9)10/h5-8,11-16,18,24H,2-4,9-10H2,1H3;2-5H,1H3,(H,8,9,10). The van der Waals surface area contributed by atoms with E-state index in [-0.39, 0.29) is 10.3 Å². The molecule has 1 N–H and O–H groups in total. The van der Waals surface area contributed by atoms with E-state index < -0.39 is 10.1 Å². The van der Waals surface area contributed by atoms with Crippen LogP contribution in [0.3, 0.4) is 0 Å². The lowest BCUT2D eigenvalue weighted by Gasteiger charge is -2.39. The quantitative estimate of drug-likeness (QED) is 0.249. The van der Waals surface area contributed by atoms with Gasteiger partial charge in [-0.1, -0.05) is 90.7 Å².